The number of nitrogens with one attached hydrogen (secondary N) is 1. The molecule has 9 nitrogen and oxygen atoms in total. The zero-order chi connectivity index (χ0) is 27.6. The lowest BCUT2D eigenvalue weighted by Crippen LogP contribution is -2.41. The SMILES string of the molecule is CC1(C)OB(c2ccc(OCc3cn(CCCNc4ccnc5cc(Cl)ccc45)nn3)cc2C=O)OC1(C)C. The minimum absolute atomic E-state index is 0.234. The first-order valence-electron chi connectivity index (χ1n) is 12.9. The number of anilines is 1. The molecule has 3 heterocycles. The van der Waals surface area contributed by atoms with Crippen molar-refractivity contribution in [3.63, 3.8) is 0 Å². The quantitative estimate of drug-likeness (QED) is 0.174. The molecular weight excluding hydrogens is 517 g/mol. The van der Waals surface area contributed by atoms with Gasteiger partial charge in [-0.3, -0.25) is 14.5 Å². The largest absolute Gasteiger partial charge is 0.495 e. The molecule has 4 aromatic rings. The van der Waals surface area contributed by atoms with Crippen LogP contribution in [0.1, 0.15) is 50.2 Å². The summed E-state index contributed by atoms with van der Waals surface area (Å²) in [6.45, 7) is 9.62. The Morgan fingerprint density at radius 3 is 2.67 bits per heavy atom. The molecule has 0 aliphatic carbocycles. The van der Waals surface area contributed by atoms with E-state index in [1.807, 2.05) is 64.2 Å². The first-order valence-corrected chi connectivity index (χ1v) is 13.3. The molecule has 0 atom stereocenters. The van der Waals surface area contributed by atoms with E-state index >= 15 is 0 Å². The molecule has 202 valence electrons. The lowest BCUT2D eigenvalue weighted by molar-refractivity contribution is 0.00578. The minimum Gasteiger partial charge on any atom is -0.487 e. The van der Waals surface area contributed by atoms with Gasteiger partial charge in [-0.05, 0) is 76.0 Å². The molecule has 1 fully saturated rings. The van der Waals surface area contributed by atoms with Crippen molar-refractivity contribution in [1.29, 1.82) is 0 Å². The Morgan fingerprint density at radius 1 is 1.10 bits per heavy atom. The highest BCUT2D eigenvalue weighted by Crippen LogP contribution is 2.36. The van der Waals surface area contributed by atoms with Crippen LogP contribution in [0, 0.1) is 0 Å². The normalized spacial score (nSPS) is 16.0. The molecule has 0 saturated carbocycles. The first kappa shape index (κ1) is 27.1. The van der Waals surface area contributed by atoms with Crippen LogP contribution in [-0.2, 0) is 22.5 Å². The summed E-state index contributed by atoms with van der Waals surface area (Å²) in [4.78, 5) is 16.2. The van der Waals surface area contributed by atoms with Crippen molar-refractivity contribution in [3.8, 4) is 5.75 Å². The van der Waals surface area contributed by atoms with Crippen molar-refractivity contribution >= 4 is 47.1 Å². The van der Waals surface area contributed by atoms with E-state index in [4.69, 9.17) is 25.6 Å². The number of hydrogen-bond donors (Lipinski definition) is 1. The van der Waals surface area contributed by atoms with Crippen molar-refractivity contribution in [2.75, 3.05) is 11.9 Å². The van der Waals surface area contributed by atoms with Gasteiger partial charge in [-0.25, -0.2) is 0 Å². The molecule has 0 amide bonds. The van der Waals surface area contributed by atoms with E-state index in [1.54, 1.807) is 23.0 Å². The lowest BCUT2D eigenvalue weighted by Gasteiger charge is -2.32. The summed E-state index contributed by atoms with van der Waals surface area (Å²) >= 11 is 6.08. The van der Waals surface area contributed by atoms with Crippen LogP contribution >= 0.6 is 11.6 Å². The molecule has 2 aromatic heterocycles. The molecule has 0 spiro atoms. The summed E-state index contributed by atoms with van der Waals surface area (Å²) < 4.78 is 19.9. The molecule has 39 heavy (non-hydrogen) atoms. The minimum atomic E-state index is -0.616. The van der Waals surface area contributed by atoms with Crippen LogP contribution in [0.25, 0.3) is 10.9 Å². The number of rotatable bonds is 10. The van der Waals surface area contributed by atoms with Crippen LogP contribution < -0.4 is 15.5 Å². The van der Waals surface area contributed by atoms with Gasteiger partial charge in [-0.2, -0.15) is 0 Å². The van der Waals surface area contributed by atoms with Gasteiger partial charge < -0.3 is 19.4 Å². The monoisotopic (exact) mass is 547 g/mol. The predicted molar refractivity (Wildman–Crippen MR) is 152 cm³/mol. The van der Waals surface area contributed by atoms with E-state index in [0.717, 1.165) is 35.8 Å². The Balaban J connectivity index is 1.13. The summed E-state index contributed by atoms with van der Waals surface area (Å²) in [6.07, 6.45) is 5.28. The van der Waals surface area contributed by atoms with E-state index in [2.05, 4.69) is 20.6 Å². The van der Waals surface area contributed by atoms with Crippen LogP contribution in [0.2, 0.25) is 5.02 Å². The van der Waals surface area contributed by atoms with E-state index in [-0.39, 0.29) is 6.61 Å². The molecular formula is C28H31BClN5O4. The highest BCUT2D eigenvalue weighted by atomic mass is 35.5. The average molecular weight is 548 g/mol. The van der Waals surface area contributed by atoms with E-state index < -0.39 is 18.3 Å². The Bertz CT molecular complexity index is 1480. The third kappa shape index (κ3) is 5.93. The molecule has 0 radical (unpaired) electrons. The number of fused-ring (bicyclic) bond motifs is 1. The van der Waals surface area contributed by atoms with Gasteiger partial charge >= 0.3 is 7.12 Å². The fraction of sp³-hybridized carbons (Fsp3) is 0.357. The highest BCUT2D eigenvalue weighted by molar-refractivity contribution is 6.63. The van der Waals surface area contributed by atoms with Gasteiger partial charge in [0.1, 0.15) is 24.3 Å². The molecule has 1 aliphatic heterocycles. The fourth-order valence-corrected chi connectivity index (χ4v) is 4.51. The summed E-state index contributed by atoms with van der Waals surface area (Å²) in [5.41, 5.74) is 2.74. The molecule has 1 saturated heterocycles. The Labute approximate surface area is 232 Å². The Hall–Kier alpha value is -3.47. The molecule has 1 N–H and O–H groups in total. The van der Waals surface area contributed by atoms with Gasteiger partial charge in [-0.1, -0.05) is 22.9 Å². The highest BCUT2D eigenvalue weighted by Gasteiger charge is 2.52. The van der Waals surface area contributed by atoms with Crippen molar-refractivity contribution < 1.29 is 18.8 Å². The second kappa shape index (κ2) is 11.0. The third-order valence-electron chi connectivity index (χ3n) is 7.25. The van der Waals surface area contributed by atoms with Gasteiger partial charge in [0.2, 0.25) is 0 Å². The second-order valence-electron chi connectivity index (χ2n) is 10.6. The fourth-order valence-electron chi connectivity index (χ4n) is 4.34. The number of carbonyl (C=O) groups excluding carboxylic acids is 1. The summed E-state index contributed by atoms with van der Waals surface area (Å²) in [5.74, 6) is 0.557. The van der Waals surface area contributed by atoms with Gasteiger partial charge in [0.15, 0.2) is 0 Å². The number of aromatic nitrogens is 4. The number of carbonyl (C=O) groups is 1. The Kier molecular flexibility index (Phi) is 7.62. The molecule has 1 aliphatic rings. The van der Waals surface area contributed by atoms with Gasteiger partial charge in [0.25, 0.3) is 0 Å². The van der Waals surface area contributed by atoms with Gasteiger partial charge in [0, 0.05) is 40.9 Å². The number of pyridine rings is 1. The van der Waals surface area contributed by atoms with Crippen molar-refractivity contribution in [3.05, 3.63) is 71.1 Å². The standard InChI is InChI=1S/C28H31BClN5O4/c1-27(2)28(3,4)39-29(38-27)24-9-7-22(14-19(24)17-36)37-18-21-16-35(34-33-21)13-5-11-31-25-10-12-32-26-15-20(30)6-8-23(25)26/h6-10,12,14-17H,5,11,13,18H2,1-4H3,(H,31,32). The maximum absolute atomic E-state index is 11.8. The number of aryl methyl sites for hydroxylation is 1. The van der Waals surface area contributed by atoms with E-state index in [1.165, 1.54) is 0 Å². The molecule has 0 bridgehead atoms. The van der Waals surface area contributed by atoms with Crippen molar-refractivity contribution in [1.82, 2.24) is 20.0 Å². The number of nitrogens with zero attached hydrogens (tertiary/aromatic N) is 4. The second-order valence-corrected chi connectivity index (χ2v) is 11.0. The van der Waals surface area contributed by atoms with Crippen molar-refractivity contribution in [2.24, 2.45) is 0 Å². The smallest absolute Gasteiger partial charge is 0.487 e. The average Bonchev–Trinajstić information content (AvgIpc) is 3.45. The maximum Gasteiger partial charge on any atom is 0.495 e. The molecule has 11 heteroatoms. The first-order chi connectivity index (χ1) is 18.6. The van der Waals surface area contributed by atoms with Crippen LogP contribution in [0.3, 0.4) is 0 Å². The number of halogens is 1. The predicted octanol–water partition coefficient (Wildman–Crippen LogP) is 4.67. The zero-order valence-corrected chi connectivity index (χ0v) is 23.2. The number of ether oxygens (including phenoxy) is 1. The van der Waals surface area contributed by atoms with Crippen LogP contribution in [-0.4, -0.2) is 51.1 Å². The lowest BCUT2D eigenvalue weighted by atomic mass is 9.76. The number of aldehydes is 1. The van der Waals surface area contributed by atoms with Crippen LogP contribution in [0.4, 0.5) is 5.69 Å². The van der Waals surface area contributed by atoms with Crippen molar-refractivity contribution in [2.45, 2.75) is 58.5 Å². The number of hydrogen-bond acceptors (Lipinski definition) is 8. The van der Waals surface area contributed by atoms with Crippen LogP contribution in [0.5, 0.6) is 5.75 Å². The number of benzene rings is 2. The summed E-state index contributed by atoms with van der Waals surface area (Å²) in [6, 6.07) is 13.0. The Morgan fingerprint density at radius 2 is 1.90 bits per heavy atom. The molecule has 0 unspecified atom stereocenters. The summed E-state index contributed by atoms with van der Waals surface area (Å²) in [5, 5.41) is 13.6. The van der Waals surface area contributed by atoms with Gasteiger partial charge in [-0.15, -0.1) is 5.10 Å². The topological polar surface area (TPSA) is 100 Å². The molecule has 5 rings (SSSR count). The third-order valence-corrected chi connectivity index (χ3v) is 7.48. The van der Waals surface area contributed by atoms with Gasteiger partial charge in [0.05, 0.1) is 22.9 Å². The van der Waals surface area contributed by atoms with E-state index in [0.29, 0.717) is 34.0 Å². The molecule has 2 aromatic carbocycles. The zero-order valence-electron chi connectivity index (χ0n) is 22.5. The summed E-state index contributed by atoms with van der Waals surface area (Å²) in [7, 11) is -0.616. The maximum atomic E-state index is 11.8. The van der Waals surface area contributed by atoms with Crippen LogP contribution in [0.15, 0.2) is 54.9 Å². The van der Waals surface area contributed by atoms with E-state index in [9.17, 15) is 4.79 Å².